The molecule has 6 nitrogen and oxygen atoms in total. The van der Waals surface area contributed by atoms with Gasteiger partial charge in [0.05, 0.1) is 17.1 Å². The molecule has 0 aliphatic rings. The minimum atomic E-state index is -0.729. The number of esters is 1. The van der Waals surface area contributed by atoms with E-state index in [2.05, 4.69) is 15.9 Å². The molecular formula is C11H9BrN2O4. The summed E-state index contributed by atoms with van der Waals surface area (Å²) in [6, 6.07) is 4.33. The Morgan fingerprint density at radius 2 is 2.28 bits per heavy atom. The number of nitriles is 1. The molecule has 0 saturated carbocycles. The molecule has 0 saturated heterocycles. The molecule has 7 heteroatoms. The average Bonchev–Trinajstić information content (AvgIpc) is 2.36. The predicted molar refractivity (Wildman–Crippen MR) is 66.4 cm³/mol. The number of nitrogens with zero attached hydrogens (tertiary/aromatic N) is 2. The van der Waals surface area contributed by atoms with Crippen molar-refractivity contribution in [2.45, 2.75) is 12.3 Å². The van der Waals surface area contributed by atoms with Crippen molar-refractivity contribution in [3.05, 3.63) is 38.9 Å². The second kappa shape index (κ2) is 6.12. The van der Waals surface area contributed by atoms with Gasteiger partial charge in [-0.15, -0.1) is 0 Å². The lowest BCUT2D eigenvalue weighted by Gasteiger charge is -2.08. The highest BCUT2D eigenvalue weighted by Gasteiger charge is 2.25. The maximum Gasteiger partial charge on any atom is 0.340 e. The van der Waals surface area contributed by atoms with Gasteiger partial charge in [-0.2, -0.15) is 5.26 Å². The van der Waals surface area contributed by atoms with Crippen molar-refractivity contribution in [2.75, 3.05) is 6.61 Å². The second-order valence-electron chi connectivity index (χ2n) is 3.22. The van der Waals surface area contributed by atoms with Crippen molar-refractivity contribution in [3.63, 3.8) is 0 Å². The lowest BCUT2D eigenvalue weighted by molar-refractivity contribution is -0.385. The highest BCUT2D eigenvalue weighted by Crippen LogP contribution is 2.27. The molecular weight excluding hydrogens is 304 g/mol. The third kappa shape index (κ3) is 2.65. The van der Waals surface area contributed by atoms with Gasteiger partial charge in [0.25, 0.3) is 5.69 Å². The molecule has 1 aromatic carbocycles. The number of carbonyl (C=O) groups excluding carboxylic acids is 1. The minimum absolute atomic E-state index is 0.0505. The zero-order valence-electron chi connectivity index (χ0n) is 9.47. The van der Waals surface area contributed by atoms with Crippen LogP contribution < -0.4 is 0 Å². The van der Waals surface area contributed by atoms with Crippen LogP contribution in [0.25, 0.3) is 0 Å². The van der Waals surface area contributed by atoms with Gasteiger partial charge in [0.2, 0.25) is 0 Å². The van der Waals surface area contributed by atoms with Crippen LogP contribution in [-0.2, 0) is 10.1 Å². The fourth-order valence-electron chi connectivity index (χ4n) is 1.45. The number of hydrogen-bond acceptors (Lipinski definition) is 5. The third-order valence-electron chi connectivity index (χ3n) is 2.20. The van der Waals surface area contributed by atoms with Crippen molar-refractivity contribution in [3.8, 4) is 6.07 Å². The normalized spacial score (nSPS) is 9.61. The number of alkyl halides is 1. The number of rotatable bonds is 4. The van der Waals surface area contributed by atoms with E-state index in [9.17, 15) is 14.9 Å². The van der Waals surface area contributed by atoms with Crippen LogP contribution in [0.15, 0.2) is 12.1 Å². The third-order valence-corrected chi connectivity index (χ3v) is 2.81. The van der Waals surface area contributed by atoms with Crippen molar-refractivity contribution in [1.29, 1.82) is 5.26 Å². The van der Waals surface area contributed by atoms with Crippen LogP contribution in [0.5, 0.6) is 0 Å². The van der Waals surface area contributed by atoms with E-state index in [4.69, 9.17) is 10.00 Å². The zero-order valence-corrected chi connectivity index (χ0v) is 11.1. The molecule has 1 rings (SSSR count). The molecule has 0 spiro atoms. The van der Waals surface area contributed by atoms with E-state index in [0.29, 0.717) is 10.9 Å². The molecule has 0 heterocycles. The Balaban J connectivity index is 3.53. The van der Waals surface area contributed by atoms with Gasteiger partial charge in [0, 0.05) is 11.4 Å². The summed E-state index contributed by atoms with van der Waals surface area (Å²) in [7, 11) is 0. The highest BCUT2D eigenvalue weighted by atomic mass is 79.9. The van der Waals surface area contributed by atoms with Gasteiger partial charge in [0.15, 0.2) is 0 Å². The first kappa shape index (κ1) is 14.1. The number of nitro benzene ring substituents is 1. The van der Waals surface area contributed by atoms with Gasteiger partial charge in [-0.1, -0.05) is 22.0 Å². The first-order valence-electron chi connectivity index (χ1n) is 5.00. The second-order valence-corrected chi connectivity index (χ2v) is 3.78. The molecule has 0 radical (unpaired) electrons. The molecule has 94 valence electrons. The van der Waals surface area contributed by atoms with E-state index in [1.54, 1.807) is 13.0 Å². The van der Waals surface area contributed by atoms with E-state index in [1.165, 1.54) is 12.1 Å². The fraction of sp³-hybridized carbons (Fsp3) is 0.273. The summed E-state index contributed by atoms with van der Waals surface area (Å²) in [5, 5.41) is 20.1. The number of carbonyl (C=O) groups is 1. The molecule has 0 aliphatic carbocycles. The van der Waals surface area contributed by atoms with Gasteiger partial charge in [-0.05, 0) is 12.5 Å². The van der Waals surface area contributed by atoms with Crippen molar-refractivity contribution in [1.82, 2.24) is 0 Å². The Morgan fingerprint density at radius 3 is 2.72 bits per heavy atom. The Morgan fingerprint density at radius 1 is 1.61 bits per heavy atom. The molecule has 0 aromatic heterocycles. The Labute approximate surface area is 111 Å². The Kier molecular flexibility index (Phi) is 4.80. The molecule has 0 aliphatic heterocycles. The lowest BCUT2D eigenvalue weighted by atomic mass is 10.0. The van der Waals surface area contributed by atoms with Crippen molar-refractivity contribution >= 4 is 27.6 Å². The van der Waals surface area contributed by atoms with Crippen molar-refractivity contribution < 1.29 is 14.5 Å². The molecule has 0 bridgehead atoms. The zero-order chi connectivity index (χ0) is 13.7. The smallest absolute Gasteiger partial charge is 0.340 e. The van der Waals surface area contributed by atoms with E-state index in [-0.39, 0.29) is 17.7 Å². The molecule has 18 heavy (non-hydrogen) atoms. The molecule has 1 aromatic rings. The summed E-state index contributed by atoms with van der Waals surface area (Å²) in [5.41, 5.74) is -0.235. The SMILES string of the molecule is CCOC(=O)c1c(CBr)ccc([N+](=O)[O-])c1C#N. The number of benzene rings is 1. The van der Waals surface area contributed by atoms with E-state index >= 15 is 0 Å². The summed E-state index contributed by atoms with van der Waals surface area (Å²) in [5.74, 6) is -0.729. The number of halogens is 1. The van der Waals surface area contributed by atoms with Crippen LogP contribution in [-0.4, -0.2) is 17.5 Å². The lowest BCUT2D eigenvalue weighted by Crippen LogP contribution is -2.11. The first-order valence-corrected chi connectivity index (χ1v) is 6.12. The van der Waals surface area contributed by atoms with E-state index < -0.39 is 16.6 Å². The van der Waals surface area contributed by atoms with Gasteiger partial charge >= 0.3 is 5.97 Å². The van der Waals surface area contributed by atoms with Crippen LogP contribution in [0, 0.1) is 21.4 Å². The maximum absolute atomic E-state index is 11.8. The fourth-order valence-corrected chi connectivity index (χ4v) is 1.92. The van der Waals surface area contributed by atoms with Crippen LogP contribution in [0.2, 0.25) is 0 Å². The molecule has 0 amide bonds. The summed E-state index contributed by atoms with van der Waals surface area (Å²) in [6.45, 7) is 1.75. The average molecular weight is 313 g/mol. The van der Waals surface area contributed by atoms with Gasteiger partial charge in [0.1, 0.15) is 11.6 Å². The Hall–Kier alpha value is -1.94. The highest BCUT2D eigenvalue weighted by molar-refractivity contribution is 9.08. The maximum atomic E-state index is 11.8. The molecule has 0 atom stereocenters. The predicted octanol–water partition coefficient (Wildman–Crippen LogP) is 2.54. The molecule has 0 fully saturated rings. The minimum Gasteiger partial charge on any atom is -0.462 e. The standard InChI is InChI=1S/C11H9BrN2O4/c1-2-18-11(15)10-7(5-12)3-4-9(14(16)17)8(10)6-13/h3-4H,2,5H2,1H3. The van der Waals surface area contributed by atoms with Crippen LogP contribution >= 0.6 is 15.9 Å². The quantitative estimate of drug-likeness (QED) is 0.368. The largest absolute Gasteiger partial charge is 0.462 e. The Bertz CT molecular complexity index is 537. The number of ether oxygens (including phenoxy) is 1. The van der Waals surface area contributed by atoms with E-state index in [1.807, 2.05) is 0 Å². The van der Waals surface area contributed by atoms with Crippen LogP contribution in [0.3, 0.4) is 0 Å². The van der Waals surface area contributed by atoms with E-state index in [0.717, 1.165) is 0 Å². The summed E-state index contributed by atoms with van der Waals surface area (Å²) < 4.78 is 4.81. The van der Waals surface area contributed by atoms with Crippen LogP contribution in [0.4, 0.5) is 5.69 Å². The monoisotopic (exact) mass is 312 g/mol. The van der Waals surface area contributed by atoms with Crippen molar-refractivity contribution in [2.24, 2.45) is 0 Å². The van der Waals surface area contributed by atoms with Gasteiger partial charge in [-0.25, -0.2) is 4.79 Å². The topological polar surface area (TPSA) is 93.2 Å². The summed E-state index contributed by atoms with van der Waals surface area (Å²) in [6.07, 6.45) is 0. The number of hydrogen-bond donors (Lipinski definition) is 0. The number of nitro groups is 1. The molecule has 0 N–H and O–H groups in total. The summed E-state index contributed by atoms with van der Waals surface area (Å²) >= 11 is 3.17. The molecule has 0 unspecified atom stereocenters. The van der Waals surface area contributed by atoms with Crippen LogP contribution in [0.1, 0.15) is 28.4 Å². The first-order chi connectivity index (χ1) is 8.56. The summed E-state index contributed by atoms with van der Waals surface area (Å²) in [4.78, 5) is 21.9. The van der Waals surface area contributed by atoms with Gasteiger partial charge < -0.3 is 4.74 Å². The van der Waals surface area contributed by atoms with Gasteiger partial charge in [-0.3, -0.25) is 10.1 Å².